The van der Waals surface area contributed by atoms with E-state index in [4.69, 9.17) is 17.3 Å². The number of guanidine groups is 1. The lowest BCUT2D eigenvalue weighted by molar-refractivity contribution is 0.178. The van der Waals surface area contributed by atoms with Crippen molar-refractivity contribution >= 4 is 41.5 Å². The molecular weight excluding hydrogens is 399 g/mol. The van der Waals surface area contributed by atoms with E-state index in [1.54, 1.807) is 7.05 Å². The third-order valence-electron chi connectivity index (χ3n) is 3.87. The molecule has 1 heterocycles. The van der Waals surface area contributed by atoms with Gasteiger partial charge in [0.05, 0.1) is 0 Å². The van der Waals surface area contributed by atoms with Crippen molar-refractivity contribution in [3.8, 4) is 0 Å². The molecule has 0 amide bonds. The van der Waals surface area contributed by atoms with Crippen LogP contribution in [-0.4, -0.2) is 37.5 Å². The normalized spacial score (nSPS) is 17.3. The highest BCUT2D eigenvalue weighted by Crippen LogP contribution is 2.21. The summed E-state index contributed by atoms with van der Waals surface area (Å²) in [6, 6.07) is 8.09. The van der Waals surface area contributed by atoms with Crippen LogP contribution in [0.4, 0.5) is 0 Å². The van der Waals surface area contributed by atoms with E-state index in [9.17, 15) is 0 Å². The molecule has 0 aromatic heterocycles. The number of likely N-dealkylation sites (tertiary alicyclic amines) is 1. The summed E-state index contributed by atoms with van der Waals surface area (Å²) in [7, 11) is 1.70. The molecule has 2 rings (SSSR count). The van der Waals surface area contributed by atoms with Crippen LogP contribution in [0, 0.1) is 5.92 Å². The Morgan fingerprint density at radius 2 is 2.05 bits per heavy atom. The van der Waals surface area contributed by atoms with Gasteiger partial charge in [0.15, 0.2) is 5.96 Å². The van der Waals surface area contributed by atoms with Crippen LogP contribution < -0.4 is 11.1 Å². The van der Waals surface area contributed by atoms with Gasteiger partial charge in [0, 0.05) is 25.2 Å². The number of halogens is 2. The number of aliphatic imine (C=N–C) groups is 1. The van der Waals surface area contributed by atoms with E-state index in [2.05, 4.69) is 21.3 Å². The maximum absolute atomic E-state index is 6.21. The number of nitrogens with two attached hydrogens (primary N) is 1. The van der Waals surface area contributed by atoms with Crippen LogP contribution in [0.5, 0.6) is 0 Å². The zero-order valence-electron chi connectivity index (χ0n) is 12.4. The average molecular weight is 423 g/mol. The number of nitrogens with zero attached hydrogens (tertiary/aromatic N) is 2. The highest BCUT2D eigenvalue weighted by atomic mass is 127. The summed E-state index contributed by atoms with van der Waals surface area (Å²) in [5.41, 5.74) is 6.87. The highest BCUT2D eigenvalue weighted by molar-refractivity contribution is 14.0. The molecule has 0 spiro atoms. The molecule has 0 bridgehead atoms. The second-order valence-corrected chi connectivity index (χ2v) is 5.71. The Balaban J connectivity index is 0.00000220. The fourth-order valence-corrected chi connectivity index (χ4v) is 2.74. The molecule has 3 N–H and O–H groups in total. The second kappa shape index (κ2) is 9.48. The first kappa shape index (κ1) is 18.5. The monoisotopic (exact) mass is 422 g/mol. The van der Waals surface area contributed by atoms with Crippen molar-refractivity contribution in [1.29, 1.82) is 0 Å². The van der Waals surface area contributed by atoms with Gasteiger partial charge in [0.1, 0.15) is 0 Å². The summed E-state index contributed by atoms with van der Waals surface area (Å²) in [6.45, 7) is 4.09. The Bertz CT molecular complexity index is 459. The maximum atomic E-state index is 6.21. The first-order valence-corrected chi connectivity index (χ1v) is 7.48. The summed E-state index contributed by atoms with van der Waals surface area (Å²) in [5, 5.41) is 4.03. The van der Waals surface area contributed by atoms with Crippen molar-refractivity contribution in [2.75, 3.05) is 26.7 Å². The number of nitrogens with one attached hydrogen (secondary N) is 1. The maximum Gasteiger partial charge on any atom is 0.188 e. The first-order chi connectivity index (χ1) is 9.69. The molecule has 1 saturated heterocycles. The second-order valence-electron chi connectivity index (χ2n) is 5.30. The van der Waals surface area contributed by atoms with Crippen LogP contribution in [0.1, 0.15) is 18.4 Å². The van der Waals surface area contributed by atoms with Crippen LogP contribution >= 0.6 is 35.6 Å². The van der Waals surface area contributed by atoms with Crippen molar-refractivity contribution in [3.05, 3.63) is 34.9 Å². The molecule has 1 fully saturated rings. The number of piperidine rings is 1. The topological polar surface area (TPSA) is 53.6 Å². The Hall–Kier alpha value is -0.530. The molecule has 1 aliphatic rings. The van der Waals surface area contributed by atoms with Gasteiger partial charge in [-0.2, -0.15) is 0 Å². The van der Waals surface area contributed by atoms with Crippen LogP contribution in [0.3, 0.4) is 0 Å². The average Bonchev–Trinajstić information content (AvgIpc) is 2.48. The number of rotatable bonds is 4. The molecule has 4 nitrogen and oxygen atoms in total. The number of hydrogen-bond donors (Lipinski definition) is 2. The zero-order valence-corrected chi connectivity index (χ0v) is 15.5. The van der Waals surface area contributed by atoms with Crippen LogP contribution in [0.2, 0.25) is 5.02 Å². The van der Waals surface area contributed by atoms with E-state index in [0.29, 0.717) is 11.9 Å². The van der Waals surface area contributed by atoms with Gasteiger partial charge in [-0.05, 0) is 43.5 Å². The minimum atomic E-state index is 0. The molecule has 0 atom stereocenters. The van der Waals surface area contributed by atoms with Crippen molar-refractivity contribution in [2.24, 2.45) is 16.6 Å². The fraction of sp³-hybridized carbons (Fsp3) is 0.533. The van der Waals surface area contributed by atoms with Crippen LogP contribution in [0.15, 0.2) is 29.3 Å². The van der Waals surface area contributed by atoms with Gasteiger partial charge in [-0.15, -0.1) is 24.0 Å². The van der Waals surface area contributed by atoms with Crippen molar-refractivity contribution in [3.63, 3.8) is 0 Å². The zero-order chi connectivity index (χ0) is 14.4. The lowest BCUT2D eigenvalue weighted by atomic mass is 9.96. The molecule has 1 aromatic carbocycles. The third kappa shape index (κ3) is 6.00. The Kier molecular flexibility index (Phi) is 8.36. The molecule has 0 radical (unpaired) electrons. The Morgan fingerprint density at radius 1 is 1.38 bits per heavy atom. The summed E-state index contributed by atoms with van der Waals surface area (Å²) < 4.78 is 0. The SMILES string of the molecule is CN=C(N)NCC1CCN(Cc2ccccc2Cl)CC1.I. The van der Waals surface area contributed by atoms with Crippen molar-refractivity contribution in [2.45, 2.75) is 19.4 Å². The first-order valence-electron chi connectivity index (χ1n) is 7.11. The van der Waals surface area contributed by atoms with Crippen LogP contribution in [0.25, 0.3) is 0 Å². The molecule has 0 unspecified atom stereocenters. The smallest absolute Gasteiger partial charge is 0.188 e. The van der Waals surface area contributed by atoms with Gasteiger partial charge in [0.2, 0.25) is 0 Å². The summed E-state index contributed by atoms with van der Waals surface area (Å²) in [5.74, 6) is 1.21. The van der Waals surface area contributed by atoms with E-state index in [1.165, 1.54) is 18.4 Å². The van der Waals surface area contributed by atoms with E-state index < -0.39 is 0 Å². The molecule has 0 aliphatic carbocycles. The largest absolute Gasteiger partial charge is 0.370 e. The molecule has 21 heavy (non-hydrogen) atoms. The molecule has 118 valence electrons. The quantitative estimate of drug-likeness (QED) is 0.446. The Labute approximate surface area is 149 Å². The molecular formula is C15H24ClIN4. The molecule has 6 heteroatoms. The predicted octanol–water partition coefficient (Wildman–Crippen LogP) is 2.70. The van der Waals surface area contributed by atoms with Gasteiger partial charge in [0.25, 0.3) is 0 Å². The predicted molar refractivity (Wildman–Crippen MR) is 100 cm³/mol. The summed E-state index contributed by atoms with van der Waals surface area (Å²) in [6.07, 6.45) is 2.38. The molecule has 0 saturated carbocycles. The van der Waals surface area contributed by atoms with E-state index in [0.717, 1.165) is 31.2 Å². The molecule has 1 aliphatic heterocycles. The Morgan fingerprint density at radius 3 is 2.67 bits per heavy atom. The van der Waals surface area contributed by atoms with Gasteiger partial charge < -0.3 is 11.1 Å². The standard InChI is InChI=1S/C15H23ClN4.HI/c1-18-15(17)19-10-12-6-8-20(9-7-12)11-13-4-2-3-5-14(13)16;/h2-5,12H,6-11H2,1H3,(H3,17,18,19);1H. The van der Waals surface area contributed by atoms with Gasteiger partial charge in [-0.3, -0.25) is 9.89 Å². The van der Waals surface area contributed by atoms with E-state index in [-0.39, 0.29) is 24.0 Å². The number of benzene rings is 1. The van der Waals surface area contributed by atoms with Crippen LogP contribution in [-0.2, 0) is 6.54 Å². The number of hydrogen-bond acceptors (Lipinski definition) is 2. The van der Waals surface area contributed by atoms with E-state index in [1.807, 2.05) is 18.2 Å². The lowest BCUT2D eigenvalue weighted by Gasteiger charge is -2.32. The third-order valence-corrected chi connectivity index (χ3v) is 4.24. The highest BCUT2D eigenvalue weighted by Gasteiger charge is 2.19. The van der Waals surface area contributed by atoms with E-state index >= 15 is 0 Å². The van der Waals surface area contributed by atoms with Gasteiger partial charge >= 0.3 is 0 Å². The summed E-state index contributed by atoms with van der Waals surface area (Å²) >= 11 is 6.21. The van der Waals surface area contributed by atoms with Crippen molar-refractivity contribution in [1.82, 2.24) is 10.2 Å². The van der Waals surface area contributed by atoms with Gasteiger partial charge in [-0.25, -0.2) is 0 Å². The lowest BCUT2D eigenvalue weighted by Crippen LogP contribution is -2.40. The minimum Gasteiger partial charge on any atom is -0.370 e. The minimum absolute atomic E-state index is 0. The molecule has 1 aromatic rings. The summed E-state index contributed by atoms with van der Waals surface area (Å²) in [4.78, 5) is 6.38. The van der Waals surface area contributed by atoms with Crippen molar-refractivity contribution < 1.29 is 0 Å². The van der Waals surface area contributed by atoms with Gasteiger partial charge in [-0.1, -0.05) is 29.8 Å². The fourth-order valence-electron chi connectivity index (χ4n) is 2.54.